The molecule has 0 aliphatic carbocycles. The van der Waals surface area contributed by atoms with Gasteiger partial charge in [0.25, 0.3) is 15.9 Å². The van der Waals surface area contributed by atoms with Gasteiger partial charge in [0.05, 0.1) is 22.2 Å². The molecule has 30 heavy (non-hydrogen) atoms. The number of hydrogen-bond donors (Lipinski definition) is 0. The van der Waals surface area contributed by atoms with Crippen LogP contribution in [-0.2, 0) is 14.8 Å². The van der Waals surface area contributed by atoms with Gasteiger partial charge >= 0.3 is 0 Å². The normalized spacial score (nSPS) is 11.4. The van der Waals surface area contributed by atoms with Crippen molar-refractivity contribution < 1.29 is 17.9 Å². The molecule has 154 valence electrons. The number of rotatable bonds is 6. The van der Waals surface area contributed by atoms with E-state index in [2.05, 4.69) is 15.9 Å². The first-order valence-corrected chi connectivity index (χ1v) is 11.3. The molecule has 0 atom stereocenters. The fourth-order valence-corrected chi connectivity index (χ4v) is 4.75. The minimum Gasteiger partial charge on any atom is -0.496 e. The average Bonchev–Trinajstić information content (AvgIpc) is 2.74. The maximum atomic E-state index is 13.3. The Kier molecular flexibility index (Phi) is 6.74. The Hall–Kier alpha value is -2.90. The molecule has 0 fully saturated rings. The zero-order chi connectivity index (χ0) is 21.7. The molecule has 0 aromatic heterocycles. The highest BCUT2D eigenvalue weighted by molar-refractivity contribution is 9.10. The lowest BCUT2D eigenvalue weighted by atomic mass is 10.2. The van der Waals surface area contributed by atoms with Crippen LogP contribution in [0.25, 0.3) is 6.08 Å². The first-order valence-electron chi connectivity index (χ1n) is 9.05. The predicted molar refractivity (Wildman–Crippen MR) is 122 cm³/mol. The number of anilines is 1. The van der Waals surface area contributed by atoms with Gasteiger partial charge in [0.1, 0.15) is 5.75 Å². The molecule has 0 aliphatic heterocycles. The van der Waals surface area contributed by atoms with Gasteiger partial charge in [-0.15, -0.1) is 0 Å². The van der Waals surface area contributed by atoms with Crippen molar-refractivity contribution in [2.24, 2.45) is 0 Å². The Labute approximate surface area is 184 Å². The number of aryl methyl sites for hydroxylation is 1. The maximum Gasteiger partial charge on any atom is 0.271 e. The summed E-state index contributed by atoms with van der Waals surface area (Å²) in [5.74, 6) is -0.0129. The van der Waals surface area contributed by atoms with Gasteiger partial charge in [-0.25, -0.2) is 8.42 Å². The number of halogens is 1. The van der Waals surface area contributed by atoms with Gasteiger partial charge in [-0.05, 0) is 70.9 Å². The highest BCUT2D eigenvalue weighted by Gasteiger charge is 2.29. The summed E-state index contributed by atoms with van der Waals surface area (Å²) in [5, 5.41) is 0. The van der Waals surface area contributed by atoms with Crippen LogP contribution in [0.5, 0.6) is 5.75 Å². The van der Waals surface area contributed by atoms with E-state index in [0.29, 0.717) is 5.75 Å². The second-order valence-electron chi connectivity index (χ2n) is 6.48. The molecule has 0 N–H and O–H groups in total. The summed E-state index contributed by atoms with van der Waals surface area (Å²) in [6.45, 7) is 1.89. The van der Waals surface area contributed by atoms with Gasteiger partial charge in [-0.1, -0.05) is 42.0 Å². The van der Waals surface area contributed by atoms with Crippen molar-refractivity contribution >= 4 is 43.6 Å². The molecule has 1 amide bonds. The van der Waals surface area contributed by atoms with Crippen molar-refractivity contribution in [3.63, 3.8) is 0 Å². The van der Waals surface area contributed by atoms with E-state index >= 15 is 0 Å². The second-order valence-corrected chi connectivity index (χ2v) is 9.12. The molecule has 0 bridgehead atoms. The fourth-order valence-electron chi connectivity index (χ4n) is 2.78. The summed E-state index contributed by atoms with van der Waals surface area (Å²) >= 11 is 3.40. The van der Waals surface area contributed by atoms with Crippen molar-refractivity contribution in [1.29, 1.82) is 0 Å². The largest absolute Gasteiger partial charge is 0.496 e. The smallest absolute Gasteiger partial charge is 0.271 e. The van der Waals surface area contributed by atoms with Crippen molar-refractivity contribution in [3.8, 4) is 5.75 Å². The number of nitrogens with zero attached hydrogens (tertiary/aromatic N) is 1. The van der Waals surface area contributed by atoms with Crippen LogP contribution in [0.15, 0.2) is 88.2 Å². The Morgan fingerprint density at radius 1 is 1.00 bits per heavy atom. The molecule has 5 nitrogen and oxygen atoms in total. The van der Waals surface area contributed by atoms with E-state index in [4.69, 9.17) is 4.74 Å². The second kappa shape index (κ2) is 9.28. The van der Waals surface area contributed by atoms with Crippen LogP contribution in [0.4, 0.5) is 5.69 Å². The van der Waals surface area contributed by atoms with Gasteiger partial charge < -0.3 is 4.74 Å². The lowest BCUT2D eigenvalue weighted by Crippen LogP contribution is -2.35. The van der Waals surface area contributed by atoms with Crippen LogP contribution in [-0.4, -0.2) is 21.4 Å². The van der Waals surface area contributed by atoms with Crippen LogP contribution >= 0.6 is 15.9 Å². The van der Waals surface area contributed by atoms with E-state index in [1.165, 1.54) is 18.2 Å². The molecule has 0 aliphatic rings. The third kappa shape index (κ3) is 4.80. The standard InChI is InChI=1S/C23H20BrNO4S/c1-17-8-12-19(13-9-17)25(30(27,28)20-6-4-3-5-7-20)23(26)15-11-18-10-14-22(29-2)21(24)16-18/h3-16H,1-2H3/b15-11+. The molecule has 0 saturated carbocycles. The van der Waals surface area contributed by atoms with Crippen molar-refractivity contribution in [2.75, 3.05) is 11.4 Å². The number of benzene rings is 3. The van der Waals surface area contributed by atoms with Crippen LogP contribution < -0.4 is 9.04 Å². The van der Waals surface area contributed by atoms with Gasteiger partial charge in [0.2, 0.25) is 0 Å². The molecular formula is C23H20BrNO4S. The van der Waals surface area contributed by atoms with E-state index in [1.807, 2.05) is 6.92 Å². The molecule has 3 rings (SSSR count). The van der Waals surface area contributed by atoms with Gasteiger partial charge in [-0.3, -0.25) is 4.79 Å². The highest BCUT2D eigenvalue weighted by atomic mass is 79.9. The van der Waals surface area contributed by atoms with Crippen LogP contribution in [0.2, 0.25) is 0 Å². The lowest BCUT2D eigenvalue weighted by molar-refractivity contribution is -0.113. The van der Waals surface area contributed by atoms with Crippen molar-refractivity contribution in [2.45, 2.75) is 11.8 Å². The Morgan fingerprint density at radius 3 is 2.27 bits per heavy atom. The summed E-state index contributed by atoms with van der Waals surface area (Å²) < 4.78 is 33.3. The van der Waals surface area contributed by atoms with Crippen LogP contribution in [0, 0.1) is 6.92 Å². The molecule has 3 aromatic rings. The molecule has 0 heterocycles. The zero-order valence-electron chi connectivity index (χ0n) is 16.4. The predicted octanol–water partition coefficient (Wildman–Crippen LogP) is 5.20. The van der Waals surface area contributed by atoms with Crippen LogP contribution in [0.3, 0.4) is 0 Å². The Balaban J connectivity index is 2.00. The minimum atomic E-state index is -4.09. The number of carbonyl (C=O) groups excluding carboxylic acids is 1. The number of hydrogen-bond acceptors (Lipinski definition) is 4. The quantitative estimate of drug-likeness (QED) is 0.450. The number of sulfonamides is 1. The maximum absolute atomic E-state index is 13.3. The molecule has 0 saturated heterocycles. The third-order valence-corrected chi connectivity index (χ3v) is 6.70. The number of ether oxygens (including phenoxy) is 1. The SMILES string of the molecule is COc1ccc(/C=C/C(=O)N(c2ccc(C)cc2)S(=O)(=O)c2ccccc2)cc1Br. The monoisotopic (exact) mass is 485 g/mol. The molecule has 3 aromatic carbocycles. The molecule has 0 radical (unpaired) electrons. The van der Waals surface area contributed by atoms with E-state index < -0.39 is 15.9 Å². The fraction of sp³-hybridized carbons (Fsp3) is 0.0870. The number of methoxy groups -OCH3 is 1. The first-order chi connectivity index (χ1) is 14.3. The Bertz CT molecular complexity index is 1170. The average molecular weight is 486 g/mol. The zero-order valence-corrected chi connectivity index (χ0v) is 18.9. The Morgan fingerprint density at radius 2 is 1.67 bits per heavy atom. The van der Waals surface area contributed by atoms with Crippen molar-refractivity contribution in [3.05, 3.63) is 94.5 Å². The molecular weight excluding hydrogens is 466 g/mol. The highest BCUT2D eigenvalue weighted by Crippen LogP contribution is 2.27. The lowest BCUT2D eigenvalue weighted by Gasteiger charge is -2.21. The van der Waals surface area contributed by atoms with E-state index in [0.717, 1.165) is 19.9 Å². The van der Waals surface area contributed by atoms with E-state index in [-0.39, 0.29) is 10.6 Å². The van der Waals surface area contributed by atoms with Crippen molar-refractivity contribution in [1.82, 2.24) is 0 Å². The first kappa shape index (κ1) is 21.8. The van der Waals surface area contributed by atoms with E-state index in [9.17, 15) is 13.2 Å². The van der Waals surface area contributed by atoms with E-state index in [1.54, 1.807) is 73.8 Å². The molecule has 0 unspecified atom stereocenters. The summed E-state index contributed by atoms with van der Waals surface area (Å²) in [6, 6.07) is 20.0. The summed E-state index contributed by atoms with van der Waals surface area (Å²) in [4.78, 5) is 13.1. The van der Waals surface area contributed by atoms with Crippen LogP contribution in [0.1, 0.15) is 11.1 Å². The molecule has 7 heteroatoms. The summed E-state index contributed by atoms with van der Waals surface area (Å²) in [6.07, 6.45) is 2.81. The topological polar surface area (TPSA) is 63.7 Å². The minimum absolute atomic E-state index is 0.0412. The van der Waals surface area contributed by atoms with Gasteiger partial charge in [0.15, 0.2) is 0 Å². The summed E-state index contributed by atoms with van der Waals surface area (Å²) in [5.41, 5.74) is 1.95. The van der Waals surface area contributed by atoms with Gasteiger partial charge in [-0.2, -0.15) is 4.31 Å². The molecule has 0 spiro atoms. The van der Waals surface area contributed by atoms with Gasteiger partial charge in [0, 0.05) is 6.08 Å². The third-order valence-electron chi connectivity index (χ3n) is 4.34. The summed E-state index contributed by atoms with van der Waals surface area (Å²) in [7, 11) is -2.52. The number of carbonyl (C=O) groups is 1. The number of amides is 1.